The first-order valence-corrected chi connectivity index (χ1v) is 5.21. The molecule has 1 aromatic heterocycles. The van der Waals surface area contributed by atoms with Crippen LogP contribution < -0.4 is 0 Å². The van der Waals surface area contributed by atoms with Crippen LogP contribution in [0.25, 0.3) is 11.0 Å². The van der Waals surface area contributed by atoms with Crippen molar-refractivity contribution in [3.05, 3.63) is 23.8 Å². The molecule has 0 amide bonds. The molecule has 0 aliphatic rings. The highest BCUT2D eigenvalue weighted by Gasteiger charge is 2.08. The lowest BCUT2D eigenvalue weighted by Gasteiger charge is -1.90. The van der Waals surface area contributed by atoms with Gasteiger partial charge in [-0.05, 0) is 24.6 Å². The van der Waals surface area contributed by atoms with E-state index in [2.05, 4.69) is 14.2 Å². The number of hydrogen-bond acceptors (Lipinski definition) is 3. The van der Waals surface area contributed by atoms with E-state index in [9.17, 15) is 4.21 Å². The minimum atomic E-state index is -1.50. The number of rotatable bonds is 2. The first-order valence-electron chi connectivity index (χ1n) is 4.13. The number of fused-ring (bicyclic) bond motifs is 1. The zero-order valence-electron chi connectivity index (χ0n) is 7.90. The molecule has 0 aliphatic carbocycles. The number of aromatic nitrogens is 2. The van der Waals surface area contributed by atoms with Crippen LogP contribution in [0.4, 0.5) is 0 Å². The van der Waals surface area contributed by atoms with E-state index < -0.39 is 11.1 Å². The highest BCUT2D eigenvalue weighted by Crippen LogP contribution is 2.14. The van der Waals surface area contributed by atoms with Gasteiger partial charge in [-0.3, -0.25) is 4.18 Å². The van der Waals surface area contributed by atoms with Gasteiger partial charge >= 0.3 is 0 Å². The van der Waals surface area contributed by atoms with Gasteiger partial charge in [0.1, 0.15) is 0 Å². The summed E-state index contributed by atoms with van der Waals surface area (Å²) in [6.45, 7) is 1.99. The summed E-state index contributed by atoms with van der Waals surface area (Å²) >= 11 is -1.50. The van der Waals surface area contributed by atoms with E-state index in [-0.39, 0.29) is 0 Å². The van der Waals surface area contributed by atoms with Crippen LogP contribution in [0.3, 0.4) is 0 Å². The molecule has 2 aromatic rings. The Morgan fingerprint density at radius 2 is 2.29 bits per heavy atom. The second-order valence-electron chi connectivity index (χ2n) is 2.96. The number of hydrogen-bond donors (Lipinski definition) is 1. The maximum atomic E-state index is 11.3. The van der Waals surface area contributed by atoms with Gasteiger partial charge in [0, 0.05) is 0 Å². The Morgan fingerprint density at radius 3 is 3.00 bits per heavy atom. The van der Waals surface area contributed by atoms with Crippen LogP contribution in [0.5, 0.6) is 0 Å². The third kappa shape index (κ3) is 1.56. The standard InChI is InChI=1S/C9H10N2O2S/c1-6-3-4-7-8(5-6)11-9(10-7)14(12)13-2/h3-5H,1-2H3,(H,10,11). The van der Waals surface area contributed by atoms with Crippen molar-refractivity contribution in [3.8, 4) is 0 Å². The van der Waals surface area contributed by atoms with Crippen LogP contribution in [-0.2, 0) is 15.3 Å². The predicted molar refractivity (Wildman–Crippen MR) is 54.2 cm³/mol. The fraction of sp³-hybridized carbons (Fsp3) is 0.222. The Bertz CT molecular complexity index is 493. The van der Waals surface area contributed by atoms with E-state index >= 15 is 0 Å². The molecule has 0 fully saturated rings. The molecular formula is C9H10N2O2S. The molecule has 0 saturated heterocycles. The number of imidazole rings is 1. The molecule has 1 atom stereocenters. The molecule has 74 valence electrons. The topological polar surface area (TPSA) is 55.0 Å². The minimum absolute atomic E-state index is 0.355. The van der Waals surface area contributed by atoms with Crippen LogP contribution in [-0.4, -0.2) is 21.3 Å². The molecule has 0 saturated carbocycles. The second-order valence-corrected chi connectivity index (χ2v) is 4.15. The van der Waals surface area contributed by atoms with Gasteiger partial charge in [-0.2, -0.15) is 0 Å². The molecule has 1 heterocycles. The summed E-state index contributed by atoms with van der Waals surface area (Å²) in [6.07, 6.45) is 0. The molecule has 1 aromatic carbocycles. The molecular weight excluding hydrogens is 200 g/mol. The van der Waals surface area contributed by atoms with Crippen molar-refractivity contribution >= 4 is 22.1 Å². The Hall–Kier alpha value is -1.20. The number of nitrogens with zero attached hydrogens (tertiary/aromatic N) is 1. The van der Waals surface area contributed by atoms with E-state index in [1.54, 1.807) is 0 Å². The zero-order chi connectivity index (χ0) is 10.1. The molecule has 1 unspecified atom stereocenters. The number of nitrogens with one attached hydrogen (secondary N) is 1. The van der Waals surface area contributed by atoms with Crippen molar-refractivity contribution in [1.29, 1.82) is 0 Å². The number of benzene rings is 1. The summed E-state index contributed by atoms with van der Waals surface area (Å²) in [5, 5.41) is 0.355. The summed E-state index contributed by atoms with van der Waals surface area (Å²) in [7, 11) is 1.38. The van der Waals surface area contributed by atoms with E-state index in [4.69, 9.17) is 0 Å². The van der Waals surface area contributed by atoms with Crippen LogP contribution in [0.15, 0.2) is 23.4 Å². The minimum Gasteiger partial charge on any atom is -0.329 e. The lowest BCUT2D eigenvalue weighted by atomic mass is 10.2. The molecule has 5 heteroatoms. The zero-order valence-corrected chi connectivity index (χ0v) is 8.72. The lowest BCUT2D eigenvalue weighted by Crippen LogP contribution is -1.94. The van der Waals surface area contributed by atoms with Crippen molar-refractivity contribution < 1.29 is 8.39 Å². The summed E-state index contributed by atoms with van der Waals surface area (Å²) in [5.41, 5.74) is 2.82. The van der Waals surface area contributed by atoms with Crippen LogP contribution in [0.2, 0.25) is 0 Å². The Kier molecular flexibility index (Phi) is 2.35. The molecule has 0 spiro atoms. The van der Waals surface area contributed by atoms with Gasteiger partial charge in [-0.15, -0.1) is 0 Å². The average Bonchev–Trinajstić information content (AvgIpc) is 2.59. The maximum Gasteiger partial charge on any atom is 0.226 e. The summed E-state index contributed by atoms with van der Waals surface area (Å²) in [4.78, 5) is 7.09. The Labute approximate surface area is 84.0 Å². The summed E-state index contributed by atoms with van der Waals surface area (Å²) in [6, 6.07) is 5.80. The first-order chi connectivity index (χ1) is 6.70. The first kappa shape index (κ1) is 9.36. The Balaban J connectivity index is 2.56. The molecule has 0 radical (unpaired) electrons. The molecule has 1 N–H and O–H groups in total. The van der Waals surface area contributed by atoms with Gasteiger partial charge in [0.15, 0.2) is 0 Å². The van der Waals surface area contributed by atoms with Crippen molar-refractivity contribution in [1.82, 2.24) is 9.97 Å². The largest absolute Gasteiger partial charge is 0.329 e. The summed E-state index contributed by atoms with van der Waals surface area (Å²) in [5.74, 6) is 0. The van der Waals surface area contributed by atoms with Gasteiger partial charge in [-0.1, -0.05) is 6.07 Å². The van der Waals surface area contributed by atoms with E-state index in [0.717, 1.165) is 16.6 Å². The molecule has 0 bridgehead atoms. The Morgan fingerprint density at radius 1 is 1.50 bits per heavy atom. The normalized spacial score (nSPS) is 13.3. The van der Waals surface area contributed by atoms with Crippen molar-refractivity contribution in [2.75, 3.05) is 7.11 Å². The third-order valence-electron chi connectivity index (χ3n) is 1.92. The predicted octanol–water partition coefficient (Wildman–Crippen LogP) is 1.54. The van der Waals surface area contributed by atoms with Crippen molar-refractivity contribution in [2.24, 2.45) is 0 Å². The van der Waals surface area contributed by atoms with Gasteiger partial charge in [0.2, 0.25) is 16.2 Å². The number of H-pyrrole nitrogens is 1. The molecule has 14 heavy (non-hydrogen) atoms. The van der Waals surface area contributed by atoms with E-state index in [1.165, 1.54) is 7.11 Å². The van der Waals surface area contributed by atoms with Crippen molar-refractivity contribution in [2.45, 2.75) is 12.1 Å². The third-order valence-corrected chi connectivity index (χ3v) is 2.74. The monoisotopic (exact) mass is 210 g/mol. The molecule has 2 rings (SSSR count). The van der Waals surface area contributed by atoms with Crippen LogP contribution >= 0.6 is 0 Å². The van der Waals surface area contributed by atoms with Crippen LogP contribution in [0, 0.1) is 6.92 Å². The van der Waals surface area contributed by atoms with Crippen LogP contribution in [0.1, 0.15) is 5.56 Å². The quantitative estimate of drug-likeness (QED) is 0.818. The lowest BCUT2D eigenvalue weighted by molar-refractivity contribution is 0.441. The molecule has 0 aliphatic heterocycles. The fourth-order valence-electron chi connectivity index (χ4n) is 1.26. The smallest absolute Gasteiger partial charge is 0.226 e. The highest BCUT2D eigenvalue weighted by atomic mass is 32.2. The SMILES string of the molecule is COS(=O)c1nc2ccc(C)cc2[nH]1. The van der Waals surface area contributed by atoms with Gasteiger partial charge in [0.25, 0.3) is 0 Å². The average molecular weight is 210 g/mol. The van der Waals surface area contributed by atoms with Crippen molar-refractivity contribution in [3.63, 3.8) is 0 Å². The summed E-state index contributed by atoms with van der Waals surface area (Å²) < 4.78 is 15.9. The maximum absolute atomic E-state index is 11.3. The number of aromatic amines is 1. The molecule has 4 nitrogen and oxygen atoms in total. The van der Waals surface area contributed by atoms with Gasteiger partial charge < -0.3 is 4.98 Å². The van der Waals surface area contributed by atoms with Gasteiger partial charge in [-0.25, -0.2) is 9.19 Å². The van der Waals surface area contributed by atoms with E-state index in [1.807, 2.05) is 25.1 Å². The number of aryl methyl sites for hydroxylation is 1. The highest BCUT2D eigenvalue weighted by molar-refractivity contribution is 7.80. The fourth-order valence-corrected chi connectivity index (χ4v) is 1.78. The van der Waals surface area contributed by atoms with E-state index in [0.29, 0.717) is 5.16 Å². The second kappa shape index (κ2) is 3.51. The van der Waals surface area contributed by atoms with Gasteiger partial charge in [0.05, 0.1) is 18.1 Å².